The minimum absolute atomic E-state index is 0.112. The Morgan fingerprint density at radius 2 is 1.95 bits per heavy atom. The van der Waals surface area contributed by atoms with Crippen molar-refractivity contribution >= 4 is 27.4 Å². The van der Waals surface area contributed by atoms with Gasteiger partial charge >= 0.3 is 0 Å². The Labute approximate surface area is 125 Å². The molecule has 0 fully saturated rings. The topological polar surface area (TPSA) is 72.6 Å². The summed E-state index contributed by atoms with van der Waals surface area (Å²) in [4.78, 5) is 11.6. The van der Waals surface area contributed by atoms with Gasteiger partial charge in [0.1, 0.15) is 12.4 Å². The van der Waals surface area contributed by atoms with Gasteiger partial charge in [-0.15, -0.1) is 0 Å². The Kier molecular flexibility index (Phi) is 4.29. The molecule has 0 atom stereocenters. The van der Waals surface area contributed by atoms with Crippen LogP contribution in [0.3, 0.4) is 0 Å². The second-order valence-electron chi connectivity index (χ2n) is 4.38. The second-order valence-corrected chi connectivity index (χ2v) is 5.30. The van der Waals surface area contributed by atoms with Crippen LogP contribution in [0.1, 0.15) is 22.8 Å². The second kappa shape index (κ2) is 5.96. The molecule has 4 nitrogen and oxygen atoms in total. The standard InChI is InChI=1S/C15H14BrNO3/c1-9(18)13-6-11(16)7-14(17)15(13)20-8-10-2-4-12(19)5-3-10/h2-7,19H,8,17H2,1H3. The number of aromatic hydroxyl groups is 1. The lowest BCUT2D eigenvalue weighted by Crippen LogP contribution is -2.05. The molecular weight excluding hydrogens is 322 g/mol. The third-order valence-corrected chi connectivity index (χ3v) is 3.24. The SMILES string of the molecule is CC(=O)c1cc(Br)cc(N)c1OCc1ccc(O)cc1. The highest BCUT2D eigenvalue weighted by Crippen LogP contribution is 2.31. The van der Waals surface area contributed by atoms with E-state index in [1.807, 2.05) is 0 Å². The minimum atomic E-state index is -0.112. The largest absolute Gasteiger partial charge is 0.508 e. The third-order valence-electron chi connectivity index (χ3n) is 2.78. The van der Waals surface area contributed by atoms with Crippen molar-refractivity contribution in [2.75, 3.05) is 5.73 Å². The number of hydrogen-bond donors (Lipinski definition) is 2. The average molecular weight is 336 g/mol. The van der Waals surface area contributed by atoms with E-state index in [0.717, 1.165) is 10.0 Å². The molecule has 20 heavy (non-hydrogen) atoms. The number of Topliss-reactive ketones (excluding diaryl/α,β-unsaturated/α-hetero) is 1. The molecule has 0 saturated heterocycles. The maximum Gasteiger partial charge on any atom is 0.163 e. The van der Waals surface area contributed by atoms with E-state index >= 15 is 0 Å². The Morgan fingerprint density at radius 3 is 2.55 bits per heavy atom. The van der Waals surface area contributed by atoms with E-state index in [1.165, 1.54) is 6.92 Å². The Hall–Kier alpha value is -2.01. The summed E-state index contributed by atoms with van der Waals surface area (Å²) in [7, 11) is 0. The van der Waals surface area contributed by atoms with Crippen LogP contribution in [0.5, 0.6) is 11.5 Å². The summed E-state index contributed by atoms with van der Waals surface area (Å²) < 4.78 is 6.40. The molecule has 2 aromatic rings. The number of nitrogens with two attached hydrogens (primary N) is 1. The first-order valence-corrected chi connectivity index (χ1v) is 6.77. The number of halogens is 1. The quantitative estimate of drug-likeness (QED) is 0.662. The monoisotopic (exact) mass is 335 g/mol. The summed E-state index contributed by atoms with van der Waals surface area (Å²) in [6, 6.07) is 10.0. The molecule has 0 aliphatic rings. The molecule has 2 rings (SSSR count). The van der Waals surface area contributed by atoms with Crippen molar-refractivity contribution < 1.29 is 14.6 Å². The Balaban J connectivity index is 2.24. The molecule has 104 valence electrons. The highest BCUT2D eigenvalue weighted by molar-refractivity contribution is 9.10. The molecule has 0 unspecified atom stereocenters. The van der Waals surface area contributed by atoms with Gasteiger partial charge in [-0.25, -0.2) is 0 Å². The van der Waals surface area contributed by atoms with Gasteiger partial charge in [0.2, 0.25) is 0 Å². The fraction of sp³-hybridized carbons (Fsp3) is 0.133. The Morgan fingerprint density at radius 1 is 1.30 bits per heavy atom. The number of benzene rings is 2. The molecule has 3 N–H and O–H groups in total. The predicted molar refractivity (Wildman–Crippen MR) is 81.0 cm³/mol. The van der Waals surface area contributed by atoms with Crippen molar-refractivity contribution in [2.45, 2.75) is 13.5 Å². The molecule has 0 saturated carbocycles. The molecule has 0 heterocycles. The predicted octanol–water partition coefficient (Wildman–Crippen LogP) is 3.52. The fourth-order valence-electron chi connectivity index (χ4n) is 1.78. The number of anilines is 1. The molecule has 0 aromatic heterocycles. The molecule has 0 radical (unpaired) electrons. The number of phenolic OH excluding ortho intramolecular Hbond substituents is 1. The van der Waals surface area contributed by atoms with Crippen LogP contribution in [0.2, 0.25) is 0 Å². The highest BCUT2D eigenvalue weighted by atomic mass is 79.9. The zero-order chi connectivity index (χ0) is 14.7. The number of carbonyl (C=O) groups is 1. The van der Waals surface area contributed by atoms with Gasteiger partial charge in [-0.05, 0) is 36.8 Å². The van der Waals surface area contributed by atoms with Crippen LogP contribution in [0.15, 0.2) is 40.9 Å². The van der Waals surface area contributed by atoms with Gasteiger partial charge in [0.25, 0.3) is 0 Å². The summed E-state index contributed by atoms with van der Waals surface area (Å²) in [5, 5.41) is 9.22. The van der Waals surface area contributed by atoms with Gasteiger partial charge in [-0.1, -0.05) is 28.1 Å². The van der Waals surface area contributed by atoms with Crippen molar-refractivity contribution in [1.29, 1.82) is 0 Å². The minimum Gasteiger partial charge on any atom is -0.508 e. The van der Waals surface area contributed by atoms with Gasteiger partial charge in [-0.2, -0.15) is 0 Å². The lowest BCUT2D eigenvalue weighted by atomic mass is 10.1. The number of nitrogen functional groups attached to an aromatic ring is 1. The lowest BCUT2D eigenvalue weighted by Gasteiger charge is -2.13. The summed E-state index contributed by atoms with van der Waals surface area (Å²) in [5.41, 5.74) is 7.62. The van der Waals surface area contributed by atoms with Crippen molar-refractivity contribution in [3.63, 3.8) is 0 Å². The molecule has 2 aromatic carbocycles. The third kappa shape index (κ3) is 3.30. The summed E-state index contributed by atoms with van der Waals surface area (Å²) in [6.07, 6.45) is 0. The van der Waals surface area contributed by atoms with E-state index in [1.54, 1.807) is 36.4 Å². The summed E-state index contributed by atoms with van der Waals surface area (Å²) in [6.45, 7) is 1.74. The van der Waals surface area contributed by atoms with Crippen molar-refractivity contribution in [3.05, 3.63) is 52.0 Å². The van der Waals surface area contributed by atoms with E-state index < -0.39 is 0 Å². The number of hydrogen-bond acceptors (Lipinski definition) is 4. The molecule has 0 amide bonds. The number of phenols is 1. The lowest BCUT2D eigenvalue weighted by molar-refractivity contribution is 0.101. The number of carbonyl (C=O) groups excluding carboxylic acids is 1. The van der Waals surface area contributed by atoms with E-state index in [0.29, 0.717) is 17.0 Å². The first-order chi connectivity index (χ1) is 9.47. The van der Waals surface area contributed by atoms with Crippen LogP contribution in [-0.4, -0.2) is 10.9 Å². The number of ether oxygens (including phenoxy) is 1. The van der Waals surface area contributed by atoms with E-state index in [2.05, 4.69) is 15.9 Å². The number of rotatable bonds is 4. The molecular formula is C15H14BrNO3. The van der Waals surface area contributed by atoms with Crippen LogP contribution in [0, 0.1) is 0 Å². The van der Waals surface area contributed by atoms with Crippen LogP contribution < -0.4 is 10.5 Å². The first kappa shape index (κ1) is 14.4. The van der Waals surface area contributed by atoms with Gasteiger partial charge in [0, 0.05) is 4.47 Å². The Bertz CT molecular complexity index is 638. The highest BCUT2D eigenvalue weighted by Gasteiger charge is 2.13. The molecule has 5 heteroatoms. The van der Waals surface area contributed by atoms with Crippen LogP contribution >= 0.6 is 15.9 Å². The molecule has 0 spiro atoms. The van der Waals surface area contributed by atoms with Crippen molar-refractivity contribution in [3.8, 4) is 11.5 Å². The van der Waals surface area contributed by atoms with Crippen LogP contribution in [0.4, 0.5) is 5.69 Å². The fourth-order valence-corrected chi connectivity index (χ4v) is 2.26. The zero-order valence-corrected chi connectivity index (χ0v) is 12.5. The maximum absolute atomic E-state index is 11.6. The van der Waals surface area contributed by atoms with E-state index in [-0.39, 0.29) is 18.1 Å². The molecule has 0 bridgehead atoms. The maximum atomic E-state index is 11.6. The van der Waals surface area contributed by atoms with Gasteiger partial charge in [0.05, 0.1) is 11.3 Å². The van der Waals surface area contributed by atoms with Crippen molar-refractivity contribution in [2.24, 2.45) is 0 Å². The summed E-state index contributed by atoms with van der Waals surface area (Å²) >= 11 is 3.30. The van der Waals surface area contributed by atoms with Gasteiger partial charge in [-0.3, -0.25) is 4.79 Å². The summed E-state index contributed by atoms with van der Waals surface area (Å²) in [5.74, 6) is 0.466. The van der Waals surface area contributed by atoms with Crippen LogP contribution in [0.25, 0.3) is 0 Å². The number of ketones is 1. The van der Waals surface area contributed by atoms with E-state index in [9.17, 15) is 9.90 Å². The molecule has 0 aliphatic heterocycles. The van der Waals surface area contributed by atoms with Gasteiger partial charge in [0.15, 0.2) is 11.5 Å². The zero-order valence-electron chi connectivity index (χ0n) is 10.9. The van der Waals surface area contributed by atoms with E-state index in [4.69, 9.17) is 10.5 Å². The smallest absolute Gasteiger partial charge is 0.163 e. The normalized spacial score (nSPS) is 10.3. The molecule has 0 aliphatic carbocycles. The van der Waals surface area contributed by atoms with Crippen LogP contribution in [-0.2, 0) is 6.61 Å². The van der Waals surface area contributed by atoms with Gasteiger partial charge < -0.3 is 15.6 Å². The van der Waals surface area contributed by atoms with Crippen molar-refractivity contribution in [1.82, 2.24) is 0 Å². The first-order valence-electron chi connectivity index (χ1n) is 5.98. The average Bonchev–Trinajstić information content (AvgIpc) is 2.38.